The molecule has 1 aromatic heterocycles. The predicted molar refractivity (Wildman–Crippen MR) is 104 cm³/mol. The van der Waals surface area contributed by atoms with E-state index in [1.54, 1.807) is 24.4 Å². The normalized spacial score (nSPS) is 14.0. The summed E-state index contributed by atoms with van der Waals surface area (Å²) in [6.07, 6.45) is 3.22. The fourth-order valence-electron chi connectivity index (χ4n) is 2.89. The van der Waals surface area contributed by atoms with Crippen molar-refractivity contribution in [2.24, 2.45) is 0 Å². The number of oxazole rings is 1. The maximum atomic E-state index is 11.9. The van der Waals surface area contributed by atoms with Crippen molar-refractivity contribution in [2.75, 3.05) is 13.1 Å². The van der Waals surface area contributed by atoms with Crippen LogP contribution in [0.5, 0.6) is 0 Å². The molecule has 1 N–H and O–H groups in total. The Morgan fingerprint density at radius 2 is 1.96 bits per heavy atom. The van der Waals surface area contributed by atoms with Crippen LogP contribution in [0.1, 0.15) is 31.6 Å². The van der Waals surface area contributed by atoms with Crippen LogP contribution in [-0.4, -0.2) is 40.7 Å². The number of aryl methyl sites for hydroxylation is 1. The van der Waals surface area contributed by atoms with Crippen LogP contribution in [0.4, 0.5) is 0 Å². The number of rotatable bonds is 8. The van der Waals surface area contributed by atoms with E-state index in [0.717, 1.165) is 0 Å². The second-order valence-corrected chi connectivity index (χ2v) is 7.23. The Morgan fingerprint density at radius 3 is 2.68 bits per heavy atom. The molecule has 3 rings (SSSR count). The molecule has 2 heterocycles. The van der Waals surface area contributed by atoms with Gasteiger partial charge in [0.2, 0.25) is 17.7 Å². The molecule has 7 nitrogen and oxygen atoms in total. The Balaban J connectivity index is 1.41. The maximum Gasteiger partial charge on any atom is 0.229 e. The first-order chi connectivity index (χ1) is 13.4. The van der Waals surface area contributed by atoms with Gasteiger partial charge in [0, 0.05) is 49.4 Å². The monoisotopic (exact) mass is 423 g/mol. The Hall–Kier alpha value is -2.38. The third-order valence-electron chi connectivity index (χ3n) is 4.35. The number of imide groups is 1. The number of halogens is 2. The van der Waals surface area contributed by atoms with Gasteiger partial charge in [0.1, 0.15) is 0 Å². The highest BCUT2D eigenvalue weighted by atomic mass is 35.5. The van der Waals surface area contributed by atoms with Crippen LogP contribution >= 0.6 is 23.2 Å². The van der Waals surface area contributed by atoms with Gasteiger partial charge >= 0.3 is 0 Å². The molecule has 148 valence electrons. The SMILES string of the molecule is O=C(CCc1ncc(-c2ccc(Cl)cc2Cl)o1)NCCCN1C(=O)CCC1=O. The van der Waals surface area contributed by atoms with Gasteiger partial charge in [-0.25, -0.2) is 4.98 Å². The van der Waals surface area contributed by atoms with E-state index in [-0.39, 0.29) is 37.0 Å². The average Bonchev–Trinajstić information content (AvgIpc) is 3.24. The van der Waals surface area contributed by atoms with E-state index in [2.05, 4.69) is 10.3 Å². The molecule has 0 saturated carbocycles. The van der Waals surface area contributed by atoms with Crippen molar-refractivity contribution in [1.82, 2.24) is 15.2 Å². The lowest BCUT2D eigenvalue weighted by atomic mass is 10.2. The molecule has 0 bridgehead atoms. The lowest BCUT2D eigenvalue weighted by molar-refractivity contribution is -0.138. The third-order valence-corrected chi connectivity index (χ3v) is 4.90. The summed E-state index contributed by atoms with van der Waals surface area (Å²) >= 11 is 12.0. The lowest BCUT2D eigenvalue weighted by Gasteiger charge is -2.13. The summed E-state index contributed by atoms with van der Waals surface area (Å²) in [5.41, 5.74) is 0.681. The molecule has 1 saturated heterocycles. The van der Waals surface area contributed by atoms with E-state index in [0.29, 0.717) is 53.2 Å². The first kappa shape index (κ1) is 20.4. The fourth-order valence-corrected chi connectivity index (χ4v) is 3.39. The van der Waals surface area contributed by atoms with E-state index in [4.69, 9.17) is 27.6 Å². The molecule has 0 atom stereocenters. The lowest BCUT2D eigenvalue weighted by Crippen LogP contribution is -2.33. The number of amides is 3. The number of benzene rings is 1. The predicted octanol–water partition coefficient (Wildman–Crippen LogP) is 3.24. The molecule has 1 aliphatic rings. The maximum absolute atomic E-state index is 11.9. The molecule has 0 unspecified atom stereocenters. The number of carbonyl (C=O) groups excluding carboxylic acids is 3. The van der Waals surface area contributed by atoms with Crippen LogP contribution in [0.3, 0.4) is 0 Å². The number of likely N-dealkylation sites (tertiary alicyclic amines) is 1. The van der Waals surface area contributed by atoms with Crippen molar-refractivity contribution in [3.63, 3.8) is 0 Å². The highest BCUT2D eigenvalue weighted by Crippen LogP contribution is 2.30. The molecular formula is C19H19Cl2N3O4. The number of nitrogens with one attached hydrogen (secondary N) is 1. The van der Waals surface area contributed by atoms with Crippen molar-refractivity contribution < 1.29 is 18.8 Å². The quantitative estimate of drug-likeness (QED) is 0.519. The number of nitrogens with zero attached hydrogens (tertiary/aromatic N) is 2. The van der Waals surface area contributed by atoms with E-state index < -0.39 is 0 Å². The molecule has 1 aromatic carbocycles. The summed E-state index contributed by atoms with van der Waals surface area (Å²) in [5, 5.41) is 3.76. The zero-order valence-electron chi connectivity index (χ0n) is 15.0. The third kappa shape index (κ3) is 5.11. The molecule has 1 aliphatic heterocycles. The van der Waals surface area contributed by atoms with Gasteiger partial charge in [0.25, 0.3) is 0 Å². The van der Waals surface area contributed by atoms with E-state index in [1.165, 1.54) is 4.90 Å². The van der Waals surface area contributed by atoms with Gasteiger partial charge in [-0.3, -0.25) is 19.3 Å². The smallest absolute Gasteiger partial charge is 0.229 e. The van der Waals surface area contributed by atoms with Gasteiger partial charge in [-0.15, -0.1) is 0 Å². The molecule has 28 heavy (non-hydrogen) atoms. The minimum absolute atomic E-state index is 0.142. The summed E-state index contributed by atoms with van der Waals surface area (Å²) in [6.45, 7) is 0.732. The van der Waals surface area contributed by atoms with E-state index in [1.807, 2.05) is 0 Å². The Morgan fingerprint density at radius 1 is 1.21 bits per heavy atom. The highest BCUT2D eigenvalue weighted by molar-refractivity contribution is 6.36. The van der Waals surface area contributed by atoms with Gasteiger partial charge in [0.15, 0.2) is 11.7 Å². The van der Waals surface area contributed by atoms with E-state index in [9.17, 15) is 14.4 Å². The second-order valence-electron chi connectivity index (χ2n) is 6.39. The van der Waals surface area contributed by atoms with Gasteiger partial charge < -0.3 is 9.73 Å². The van der Waals surface area contributed by atoms with E-state index >= 15 is 0 Å². The van der Waals surface area contributed by atoms with Crippen LogP contribution in [0.2, 0.25) is 10.0 Å². The van der Waals surface area contributed by atoms with Crippen LogP contribution in [0, 0.1) is 0 Å². The first-order valence-electron chi connectivity index (χ1n) is 8.94. The summed E-state index contributed by atoms with van der Waals surface area (Å²) < 4.78 is 5.66. The van der Waals surface area contributed by atoms with Gasteiger partial charge in [0.05, 0.1) is 11.2 Å². The van der Waals surface area contributed by atoms with Gasteiger partial charge in [-0.2, -0.15) is 0 Å². The second kappa shape index (κ2) is 9.21. The highest BCUT2D eigenvalue weighted by Gasteiger charge is 2.27. The largest absolute Gasteiger partial charge is 0.441 e. The van der Waals surface area contributed by atoms with Crippen molar-refractivity contribution >= 4 is 40.9 Å². The minimum atomic E-state index is -0.150. The topological polar surface area (TPSA) is 92.5 Å². The Kier molecular flexibility index (Phi) is 6.70. The van der Waals surface area contributed by atoms with Crippen molar-refractivity contribution in [1.29, 1.82) is 0 Å². The average molecular weight is 424 g/mol. The van der Waals surface area contributed by atoms with Crippen LogP contribution in [0.15, 0.2) is 28.8 Å². The molecule has 0 radical (unpaired) electrons. The zero-order chi connectivity index (χ0) is 20.1. The number of aromatic nitrogens is 1. The fraction of sp³-hybridized carbons (Fsp3) is 0.368. The van der Waals surface area contributed by atoms with Crippen molar-refractivity contribution in [2.45, 2.75) is 32.1 Å². The summed E-state index contributed by atoms with van der Waals surface area (Å²) in [5.74, 6) is 0.512. The summed E-state index contributed by atoms with van der Waals surface area (Å²) in [6, 6.07) is 5.08. The van der Waals surface area contributed by atoms with Crippen LogP contribution in [-0.2, 0) is 20.8 Å². The molecule has 9 heteroatoms. The molecule has 0 aliphatic carbocycles. The summed E-state index contributed by atoms with van der Waals surface area (Å²) in [7, 11) is 0. The molecule has 3 amide bonds. The standard InChI is InChI=1S/C19H19Cl2N3O4/c20-12-2-3-13(14(21)10-12)15-11-23-17(28-15)5-4-16(25)22-8-1-9-24-18(26)6-7-19(24)27/h2-3,10-11H,1,4-9H2,(H,22,25). The summed E-state index contributed by atoms with van der Waals surface area (Å²) in [4.78, 5) is 40.4. The number of carbonyl (C=O) groups is 3. The zero-order valence-corrected chi connectivity index (χ0v) is 16.6. The van der Waals surface area contributed by atoms with Crippen LogP contribution in [0.25, 0.3) is 11.3 Å². The van der Waals surface area contributed by atoms with Crippen LogP contribution < -0.4 is 5.32 Å². The van der Waals surface area contributed by atoms with Gasteiger partial charge in [-0.1, -0.05) is 23.2 Å². The molecule has 0 spiro atoms. The first-order valence-corrected chi connectivity index (χ1v) is 9.69. The molecule has 2 aromatic rings. The van der Waals surface area contributed by atoms with Gasteiger partial charge in [-0.05, 0) is 24.6 Å². The number of hydrogen-bond acceptors (Lipinski definition) is 5. The van der Waals surface area contributed by atoms with Crippen molar-refractivity contribution in [3.05, 3.63) is 40.3 Å². The van der Waals surface area contributed by atoms with Crippen molar-refractivity contribution in [3.8, 4) is 11.3 Å². The molecule has 1 fully saturated rings. The number of hydrogen-bond donors (Lipinski definition) is 1. The Bertz CT molecular complexity index is 881. The Labute approximate surface area is 172 Å². The molecular weight excluding hydrogens is 405 g/mol. The minimum Gasteiger partial charge on any atom is -0.441 e.